The Bertz CT molecular complexity index is 710. The zero-order valence-electron chi connectivity index (χ0n) is 12.7. The van der Waals surface area contributed by atoms with Crippen molar-refractivity contribution in [2.24, 2.45) is 0 Å². The van der Waals surface area contributed by atoms with Crippen molar-refractivity contribution >= 4 is 40.3 Å². The van der Waals surface area contributed by atoms with Crippen LogP contribution in [0.4, 0.5) is 0 Å². The van der Waals surface area contributed by atoms with Crippen molar-refractivity contribution in [1.82, 2.24) is 4.90 Å². The highest BCUT2D eigenvalue weighted by atomic mass is 32.2. The molecule has 1 aliphatic heterocycles. The highest BCUT2D eigenvalue weighted by Crippen LogP contribution is 2.36. The van der Waals surface area contributed by atoms with Crippen LogP contribution < -0.4 is 4.74 Å². The maximum absolute atomic E-state index is 12.3. The van der Waals surface area contributed by atoms with E-state index in [0.717, 1.165) is 5.56 Å². The van der Waals surface area contributed by atoms with E-state index < -0.39 is 0 Å². The van der Waals surface area contributed by atoms with Crippen molar-refractivity contribution in [2.75, 3.05) is 13.7 Å². The molecular weight excluding hydrogens is 330 g/mol. The van der Waals surface area contributed by atoms with E-state index in [1.807, 2.05) is 0 Å². The third kappa shape index (κ3) is 3.65. The Morgan fingerprint density at radius 3 is 2.74 bits per heavy atom. The van der Waals surface area contributed by atoms with Gasteiger partial charge in [-0.15, -0.1) is 13.2 Å². The minimum absolute atomic E-state index is 0.0868. The zero-order valence-corrected chi connectivity index (χ0v) is 14.4. The number of ether oxygens (including phenoxy) is 1. The first-order chi connectivity index (χ1) is 11.0. The summed E-state index contributed by atoms with van der Waals surface area (Å²) in [5.41, 5.74) is 1.45. The maximum atomic E-state index is 12.3. The fourth-order valence-electron chi connectivity index (χ4n) is 2.18. The molecule has 1 saturated heterocycles. The van der Waals surface area contributed by atoms with Gasteiger partial charge >= 0.3 is 0 Å². The summed E-state index contributed by atoms with van der Waals surface area (Å²) < 4.78 is 5.70. The van der Waals surface area contributed by atoms with E-state index in [9.17, 15) is 9.90 Å². The Morgan fingerprint density at radius 2 is 2.13 bits per heavy atom. The van der Waals surface area contributed by atoms with Crippen LogP contribution in [0.3, 0.4) is 0 Å². The molecule has 23 heavy (non-hydrogen) atoms. The van der Waals surface area contributed by atoms with Crippen LogP contribution in [0, 0.1) is 0 Å². The molecule has 0 radical (unpaired) electrons. The first-order valence-corrected chi connectivity index (χ1v) is 8.11. The monoisotopic (exact) mass is 347 g/mol. The van der Waals surface area contributed by atoms with Crippen molar-refractivity contribution in [3.8, 4) is 11.5 Å². The van der Waals surface area contributed by atoms with Crippen LogP contribution in [0.15, 0.2) is 42.3 Å². The SMILES string of the molecule is C=CCc1cc(/C=C2\SC(=S)N(CC=C)C2=O)cc(OC)c1O. The maximum Gasteiger partial charge on any atom is 0.266 e. The minimum Gasteiger partial charge on any atom is -0.504 e. The second kappa shape index (κ2) is 7.48. The summed E-state index contributed by atoms with van der Waals surface area (Å²) in [6.45, 7) is 7.70. The third-order valence-corrected chi connectivity index (χ3v) is 4.62. The average Bonchev–Trinajstić information content (AvgIpc) is 2.78. The molecule has 0 atom stereocenters. The van der Waals surface area contributed by atoms with Crippen molar-refractivity contribution in [3.63, 3.8) is 0 Å². The molecule has 0 spiro atoms. The number of hydrogen-bond acceptors (Lipinski definition) is 5. The number of thiocarbonyl (C=S) groups is 1. The molecular formula is C17H17NO3S2. The summed E-state index contributed by atoms with van der Waals surface area (Å²) in [6.07, 6.45) is 5.58. The van der Waals surface area contributed by atoms with Gasteiger partial charge in [-0.1, -0.05) is 36.1 Å². The molecule has 1 aromatic carbocycles. The topological polar surface area (TPSA) is 49.8 Å². The third-order valence-electron chi connectivity index (χ3n) is 3.24. The molecule has 2 rings (SSSR count). The first-order valence-electron chi connectivity index (χ1n) is 6.88. The number of aromatic hydroxyl groups is 1. The summed E-state index contributed by atoms with van der Waals surface area (Å²) >= 11 is 6.47. The highest BCUT2D eigenvalue weighted by molar-refractivity contribution is 8.26. The predicted octanol–water partition coefficient (Wildman–Crippen LogP) is 3.52. The molecule has 1 fully saturated rings. The molecule has 0 aromatic heterocycles. The lowest BCUT2D eigenvalue weighted by Crippen LogP contribution is -2.27. The summed E-state index contributed by atoms with van der Waals surface area (Å²) in [7, 11) is 1.49. The van der Waals surface area contributed by atoms with Crippen LogP contribution in [0.25, 0.3) is 6.08 Å². The molecule has 1 aromatic rings. The molecule has 0 saturated carbocycles. The van der Waals surface area contributed by atoms with Crippen LogP contribution in [-0.4, -0.2) is 33.9 Å². The number of phenolic OH excluding ortho intramolecular Hbond substituents is 1. The minimum atomic E-state index is -0.141. The van der Waals surface area contributed by atoms with E-state index >= 15 is 0 Å². The Morgan fingerprint density at radius 1 is 1.39 bits per heavy atom. The van der Waals surface area contributed by atoms with Crippen molar-refractivity contribution in [2.45, 2.75) is 6.42 Å². The molecule has 0 aliphatic carbocycles. The Hall–Kier alpha value is -2.05. The van der Waals surface area contributed by atoms with E-state index in [0.29, 0.717) is 33.5 Å². The lowest BCUT2D eigenvalue weighted by Gasteiger charge is -2.11. The lowest BCUT2D eigenvalue weighted by atomic mass is 10.1. The van der Waals surface area contributed by atoms with Crippen LogP contribution in [0.1, 0.15) is 11.1 Å². The van der Waals surface area contributed by atoms with Crippen LogP contribution in [-0.2, 0) is 11.2 Å². The van der Waals surface area contributed by atoms with Crippen LogP contribution in [0.2, 0.25) is 0 Å². The fraction of sp³-hybridized carbons (Fsp3) is 0.176. The Labute approximate surface area is 145 Å². The number of nitrogens with zero attached hydrogens (tertiary/aromatic N) is 1. The van der Waals surface area contributed by atoms with Gasteiger partial charge < -0.3 is 9.84 Å². The Kier molecular flexibility index (Phi) is 5.63. The summed E-state index contributed by atoms with van der Waals surface area (Å²) in [5.74, 6) is 0.304. The second-order valence-corrected chi connectivity index (χ2v) is 6.48. The molecule has 120 valence electrons. The molecule has 0 bridgehead atoms. The quantitative estimate of drug-likeness (QED) is 0.485. The van der Waals surface area contributed by atoms with Gasteiger partial charge in [0.25, 0.3) is 5.91 Å². The number of phenols is 1. The number of amides is 1. The fourth-order valence-corrected chi connectivity index (χ4v) is 3.45. The van der Waals surface area contributed by atoms with Gasteiger partial charge in [-0.3, -0.25) is 9.69 Å². The van der Waals surface area contributed by atoms with Crippen molar-refractivity contribution in [3.05, 3.63) is 53.5 Å². The van der Waals surface area contributed by atoms with E-state index in [-0.39, 0.29) is 11.7 Å². The second-order valence-electron chi connectivity index (χ2n) is 4.80. The molecule has 1 N–H and O–H groups in total. The van der Waals surface area contributed by atoms with Crippen LogP contribution >= 0.6 is 24.0 Å². The lowest BCUT2D eigenvalue weighted by molar-refractivity contribution is -0.121. The average molecular weight is 347 g/mol. The molecule has 0 unspecified atom stereocenters. The number of hydrogen-bond donors (Lipinski definition) is 1. The first kappa shape index (κ1) is 17.3. The predicted molar refractivity (Wildman–Crippen MR) is 98.6 cm³/mol. The van der Waals surface area contributed by atoms with Gasteiger partial charge in [0.15, 0.2) is 11.5 Å². The highest BCUT2D eigenvalue weighted by Gasteiger charge is 2.31. The molecule has 6 heteroatoms. The molecule has 1 heterocycles. The van der Waals surface area contributed by atoms with Crippen molar-refractivity contribution < 1.29 is 14.6 Å². The largest absolute Gasteiger partial charge is 0.504 e. The Balaban J connectivity index is 2.41. The number of carbonyl (C=O) groups is 1. The molecule has 1 amide bonds. The zero-order chi connectivity index (χ0) is 17.0. The molecule has 1 aliphatic rings. The number of allylic oxidation sites excluding steroid dienone is 1. The van der Waals surface area contributed by atoms with Gasteiger partial charge in [-0.2, -0.15) is 0 Å². The van der Waals surface area contributed by atoms with Gasteiger partial charge in [0, 0.05) is 12.1 Å². The van der Waals surface area contributed by atoms with Gasteiger partial charge in [0.05, 0.1) is 12.0 Å². The van der Waals surface area contributed by atoms with E-state index in [2.05, 4.69) is 13.2 Å². The number of benzene rings is 1. The van der Waals surface area contributed by atoms with Crippen molar-refractivity contribution in [1.29, 1.82) is 0 Å². The van der Waals surface area contributed by atoms with Gasteiger partial charge in [-0.05, 0) is 30.2 Å². The standard InChI is InChI=1S/C17H17NO3S2/c1-4-6-12-8-11(9-13(21-3)15(12)19)10-14-16(20)18(7-5-2)17(22)23-14/h4-5,8-10,19H,1-2,6-7H2,3H3/b14-10-. The summed E-state index contributed by atoms with van der Waals surface area (Å²) in [5, 5.41) is 10.1. The number of rotatable bonds is 6. The number of thioether (sulfide) groups is 1. The number of carbonyl (C=O) groups excluding carboxylic acids is 1. The van der Waals surface area contributed by atoms with Crippen LogP contribution in [0.5, 0.6) is 11.5 Å². The number of methoxy groups -OCH3 is 1. The summed E-state index contributed by atoms with van der Waals surface area (Å²) in [4.78, 5) is 14.4. The molecule has 4 nitrogen and oxygen atoms in total. The van der Waals surface area contributed by atoms with E-state index in [1.54, 1.807) is 30.4 Å². The smallest absolute Gasteiger partial charge is 0.266 e. The van der Waals surface area contributed by atoms with Gasteiger partial charge in [0.1, 0.15) is 4.32 Å². The van der Waals surface area contributed by atoms with E-state index in [1.165, 1.54) is 23.8 Å². The van der Waals surface area contributed by atoms with Gasteiger partial charge in [0.2, 0.25) is 0 Å². The normalized spacial score (nSPS) is 16.0. The summed E-state index contributed by atoms with van der Waals surface area (Å²) in [6, 6.07) is 3.49. The van der Waals surface area contributed by atoms with E-state index in [4.69, 9.17) is 17.0 Å². The van der Waals surface area contributed by atoms with Gasteiger partial charge in [-0.25, -0.2) is 0 Å².